The first kappa shape index (κ1) is 16.6. The van der Waals surface area contributed by atoms with E-state index in [0.717, 1.165) is 46.6 Å². The third-order valence-electron chi connectivity index (χ3n) is 4.56. The number of pyridine rings is 1. The number of hydrogen-bond acceptors (Lipinski definition) is 7. The van der Waals surface area contributed by atoms with Gasteiger partial charge in [-0.2, -0.15) is 5.10 Å². The van der Waals surface area contributed by atoms with Gasteiger partial charge >= 0.3 is 0 Å². The van der Waals surface area contributed by atoms with Crippen molar-refractivity contribution >= 4 is 17.5 Å². The zero-order valence-corrected chi connectivity index (χ0v) is 15.1. The van der Waals surface area contributed by atoms with Crippen LogP contribution in [-0.2, 0) is 4.74 Å². The Bertz CT molecular complexity index is 870. The van der Waals surface area contributed by atoms with Gasteiger partial charge in [0.25, 0.3) is 0 Å². The van der Waals surface area contributed by atoms with E-state index in [9.17, 15) is 0 Å². The van der Waals surface area contributed by atoms with Crippen LogP contribution < -0.4 is 10.2 Å². The van der Waals surface area contributed by atoms with Crippen LogP contribution in [0.3, 0.4) is 0 Å². The van der Waals surface area contributed by atoms with Crippen LogP contribution >= 0.6 is 0 Å². The van der Waals surface area contributed by atoms with Gasteiger partial charge in [-0.1, -0.05) is 5.16 Å². The van der Waals surface area contributed by atoms with Crippen molar-refractivity contribution in [3.05, 3.63) is 35.9 Å². The molecule has 2 N–H and O–H groups in total. The number of H-pyrrole nitrogens is 1. The van der Waals surface area contributed by atoms with E-state index in [2.05, 4.69) is 38.6 Å². The summed E-state index contributed by atoms with van der Waals surface area (Å²) in [4.78, 5) is 7.08. The molecule has 1 unspecified atom stereocenters. The molecule has 0 aliphatic carbocycles. The fraction of sp³-hybridized carbons (Fsp3) is 0.389. The van der Waals surface area contributed by atoms with Crippen LogP contribution in [-0.4, -0.2) is 46.1 Å². The number of nitrogens with zero attached hydrogens (tertiary/aromatic N) is 4. The molecule has 26 heavy (non-hydrogen) atoms. The number of rotatable bonds is 4. The van der Waals surface area contributed by atoms with Gasteiger partial charge in [0.2, 0.25) is 0 Å². The topological polar surface area (TPSA) is 92.1 Å². The van der Waals surface area contributed by atoms with Crippen molar-refractivity contribution in [1.82, 2.24) is 20.3 Å². The lowest BCUT2D eigenvalue weighted by Crippen LogP contribution is -2.44. The smallest absolute Gasteiger partial charge is 0.141 e. The van der Waals surface area contributed by atoms with Gasteiger partial charge in [0, 0.05) is 18.2 Å². The summed E-state index contributed by atoms with van der Waals surface area (Å²) in [5.74, 6) is 3.22. The summed E-state index contributed by atoms with van der Waals surface area (Å²) in [7, 11) is 0. The van der Waals surface area contributed by atoms with E-state index in [1.165, 1.54) is 0 Å². The third kappa shape index (κ3) is 3.15. The van der Waals surface area contributed by atoms with Gasteiger partial charge in [-0.3, -0.25) is 5.10 Å². The number of ether oxygens (including phenoxy) is 1. The van der Waals surface area contributed by atoms with Crippen LogP contribution in [0.4, 0.5) is 17.5 Å². The minimum atomic E-state index is 0.260. The highest BCUT2D eigenvalue weighted by Crippen LogP contribution is 2.32. The van der Waals surface area contributed by atoms with E-state index in [4.69, 9.17) is 14.2 Å². The molecule has 136 valence electrons. The second-order valence-corrected chi connectivity index (χ2v) is 6.51. The number of morpholine rings is 1. The molecule has 0 bridgehead atoms. The van der Waals surface area contributed by atoms with Crippen LogP contribution in [0.1, 0.15) is 18.4 Å². The van der Waals surface area contributed by atoms with Crippen LogP contribution in [0.25, 0.3) is 11.1 Å². The summed E-state index contributed by atoms with van der Waals surface area (Å²) in [5, 5.41) is 14.3. The molecule has 3 aromatic rings. The Balaban J connectivity index is 1.79. The molecule has 0 radical (unpaired) electrons. The lowest BCUT2D eigenvalue weighted by Gasteiger charge is -2.34. The van der Waals surface area contributed by atoms with Crippen molar-refractivity contribution in [2.75, 3.05) is 30.0 Å². The fourth-order valence-corrected chi connectivity index (χ4v) is 3.30. The molecule has 4 heterocycles. The fourth-order valence-electron chi connectivity index (χ4n) is 3.30. The molecular weight excluding hydrogens is 332 g/mol. The zero-order valence-electron chi connectivity index (χ0n) is 15.1. The molecule has 1 aliphatic heterocycles. The molecule has 1 atom stereocenters. The maximum absolute atomic E-state index is 5.57. The average molecular weight is 354 g/mol. The predicted molar refractivity (Wildman–Crippen MR) is 98.7 cm³/mol. The summed E-state index contributed by atoms with van der Waals surface area (Å²) < 4.78 is 10.9. The van der Waals surface area contributed by atoms with Crippen molar-refractivity contribution in [1.29, 1.82) is 0 Å². The van der Waals surface area contributed by atoms with Gasteiger partial charge in [-0.05, 0) is 38.5 Å². The molecular formula is C18H22N6O2. The number of aromatic nitrogens is 4. The summed E-state index contributed by atoms with van der Waals surface area (Å²) in [6.07, 6.45) is 1.70. The van der Waals surface area contributed by atoms with Crippen LogP contribution in [0.5, 0.6) is 0 Å². The first-order chi connectivity index (χ1) is 12.6. The number of hydrogen-bond donors (Lipinski definition) is 2. The molecule has 1 saturated heterocycles. The highest BCUT2D eigenvalue weighted by atomic mass is 16.5. The quantitative estimate of drug-likeness (QED) is 0.744. The zero-order chi connectivity index (χ0) is 18.1. The highest BCUT2D eigenvalue weighted by molar-refractivity contribution is 5.74. The second kappa shape index (κ2) is 6.80. The number of nitrogens with one attached hydrogen (secondary N) is 2. The summed E-state index contributed by atoms with van der Waals surface area (Å²) in [6, 6.07) is 6.21. The Morgan fingerprint density at radius 3 is 2.88 bits per heavy atom. The monoisotopic (exact) mass is 354 g/mol. The largest absolute Gasteiger partial charge is 0.377 e. The number of anilines is 3. The Morgan fingerprint density at radius 1 is 1.31 bits per heavy atom. The average Bonchev–Trinajstić information content (AvgIpc) is 3.25. The minimum absolute atomic E-state index is 0.260. The molecule has 0 spiro atoms. The normalized spacial score (nSPS) is 17.5. The van der Waals surface area contributed by atoms with E-state index in [0.29, 0.717) is 13.2 Å². The standard InChI is InChI=1S/C18H22N6O2/c1-11-10-25-7-6-24(11)17-9-14(18-12(2)23-26-13(18)3)8-16(21-17)20-15-4-5-19-22-15/h4-5,8-9,11H,6-7,10H2,1-3H3,(H2,19,20,21,22). The van der Waals surface area contributed by atoms with Gasteiger partial charge in [-0.25, -0.2) is 4.98 Å². The first-order valence-corrected chi connectivity index (χ1v) is 8.68. The molecule has 8 heteroatoms. The number of aromatic amines is 1. The van der Waals surface area contributed by atoms with Crippen LogP contribution in [0.15, 0.2) is 28.9 Å². The highest BCUT2D eigenvalue weighted by Gasteiger charge is 2.22. The minimum Gasteiger partial charge on any atom is -0.377 e. The second-order valence-electron chi connectivity index (χ2n) is 6.51. The van der Waals surface area contributed by atoms with Gasteiger partial charge < -0.3 is 19.5 Å². The van der Waals surface area contributed by atoms with Crippen molar-refractivity contribution in [2.45, 2.75) is 26.8 Å². The molecule has 0 saturated carbocycles. The Kier molecular flexibility index (Phi) is 4.34. The van der Waals surface area contributed by atoms with E-state index in [1.807, 2.05) is 26.0 Å². The molecule has 0 amide bonds. The molecule has 0 aromatic carbocycles. The SMILES string of the molecule is Cc1noc(C)c1-c1cc(Nc2ccn[nH]2)nc(N2CCOCC2C)c1. The maximum atomic E-state index is 5.57. The van der Waals surface area contributed by atoms with Gasteiger partial charge in [0.15, 0.2) is 0 Å². The van der Waals surface area contributed by atoms with E-state index in [1.54, 1.807) is 6.20 Å². The van der Waals surface area contributed by atoms with E-state index >= 15 is 0 Å². The Hall–Kier alpha value is -2.87. The van der Waals surface area contributed by atoms with Crippen molar-refractivity contribution in [2.24, 2.45) is 0 Å². The first-order valence-electron chi connectivity index (χ1n) is 8.68. The van der Waals surface area contributed by atoms with Crippen molar-refractivity contribution in [3.8, 4) is 11.1 Å². The molecule has 3 aromatic heterocycles. The summed E-state index contributed by atoms with van der Waals surface area (Å²) >= 11 is 0. The lowest BCUT2D eigenvalue weighted by atomic mass is 10.0. The molecule has 4 rings (SSSR count). The van der Waals surface area contributed by atoms with Gasteiger partial charge in [-0.15, -0.1) is 0 Å². The maximum Gasteiger partial charge on any atom is 0.141 e. The van der Waals surface area contributed by atoms with E-state index in [-0.39, 0.29) is 6.04 Å². The predicted octanol–water partition coefficient (Wildman–Crippen LogP) is 3.05. The Morgan fingerprint density at radius 2 is 2.19 bits per heavy atom. The number of aryl methyl sites for hydroxylation is 2. The van der Waals surface area contributed by atoms with Gasteiger partial charge in [0.1, 0.15) is 23.2 Å². The lowest BCUT2D eigenvalue weighted by molar-refractivity contribution is 0.0985. The molecule has 8 nitrogen and oxygen atoms in total. The Labute approximate surface area is 151 Å². The summed E-state index contributed by atoms with van der Waals surface area (Å²) in [6.45, 7) is 8.22. The molecule has 1 fully saturated rings. The van der Waals surface area contributed by atoms with Gasteiger partial charge in [0.05, 0.1) is 31.1 Å². The summed E-state index contributed by atoms with van der Waals surface area (Å²) in [5.41, 5.74) is 2.89. The van der Waals surface area contributed by atoms with E-state index < -0.39 is 0 Å². The van der Waals surface area contributed by atoms with Crippen molar-refractivity contribution in [3.63, 3.8) is 0 Å². The third-order valence-corrected chi connectivity index (χ3v) is 4.56. The van der Waals surface area contributed by atoms with Crippen LogP contribution in [0.2, 0.25) is 0 Å². The van der Waals surface area contributed by atoms with Crippen molar-refractivity contribution < 1.29 is 9.26 Å². The molecule has 1 aliphatic rings. The van der Waals surface area contributed by atoms with Crippen LogP contribution in [0, 0.1) is 13.8 Å².